The van der Waals surface area contributed by atoms with E-state index in [0.29, 0.717) is 16.9 Å². The molecule has 19 heavy (non-hydrogen) atoms. The second kappa shape index (κ2) is 5.17. The minimum atomic E-state index is -0.170. The second-order valence-electron chi connectivity index (χ2n) is 5.52. The zero-order valence-corrected chi connectivity index (χ0v) is 12.3. The van der Waals surface area contributed by atoms with Crippen LogP contribution in [-0.2, 0) is 5.41 Å². The van der Waals surface area contributed by atoms with Gasteiger partial charge in [0.2, 0.25) is 5.88 Å². The summed E-state index contributed by atoms with van der Waals surface area (Å²) in [6, 6.07) is 9.41. The molecule has 1 heterocycles. The summed E-state index contributed by atoms with van der Waals surface area (Å²) in [5.41, 5.74) is 1.01. The van der Waals surface area contributed by atoms with Gasteiger partial charge >= 0.3 is 0 Å². The fourth-order valence-corrected chi connectivity index (χ4v) is 1.69. The van der Waals surface area contributed by atoms with Crippen molar-refractivity contribution >= 4 is 11.6 Å². The number of hydrogen-bond acceptors (Lipinski definition) is 3. The van der Waals surface area contributed by atoms with Gasteiger partial charge in [-0.05, 0) is 19.1 Å². The van der Waals surface area contributed by atoms with E-state index in [0.717, 1.165) is 5.75 Å². The van der Waals surface area contributed by atoms with Crippen LogP contribution in [0.2, 0.25) is 5.15 Å². The summed E-state index contributed by atoms with van der Waals surface area (Å²) in [5, 5.41) is 0.391. The molecule has 1 aromatic carbocycles. The third kappa shape index (κ3) is 3.67. The van der Waals surface area contributed by atoms with E-state index in [2.05, 4.69) is 9.97 Å². The SMILES string of the molecule is Cc1ccc(Oc2cc(Cl)nc(C(C)(C)C)n2)cc1. The van der Waals surface area contributed by atoms with Crippen molar-refractivity contribution < 1.29 is 4.74 Å². The smallest absolute Gasteiger partial charge is 0.224 e. The summed E-state index contributed by atoms with van der Waals surface area (Å²) in [7, 11) is 0. The number of ether oxygens (including phenoxy) is 1. The molecule has 0 spiro atoms. The Morgan fingerprint density at radius 3 is 2.26 bits per heavy atom. The Kier molecular flexibility index (Phi) is 3.76. The predicted octanol–water partition coefficient (Wildman–Crippen LogP) is 4.53. The Balaban J connectivity index is 2.30. The topological polar surface area (TPSA) is 35.0 Å². The Morgan fingerprint density at radius 1 is 1.05 bits per heavy atom. The van der Waals surface area contributed by atoms with Crippen molar-refractivity contribution in [2.75, 3.05) is 0 Å². The van der Waals surface area contributed by atoms with E-state index in [9.17, 15) is 0 Å². The third-order valence-corrected chi connectivity index (χ3v) is 2.78. The maximum absolute atomic E-state index is 6.02. The lowest BCUT2D eigenvalue weighted by molar-refractivity contribution is 0.446. The first-order chi connectivity index (χ1) is 8.84. The van der Waals surface area contributed by atoms with E-state index in [-0.39, 0.29) is 5.41 Å². The summed E-state index contributed by atoms with van der Waals surface area (Å²) in [6.45, 7) is 8.14. The van der Waals surface area contributed by atoms with Crippen molar-refractivity contribution in [1.29, 1.82) is 0 Å². The maximum atomic E-state index is 6.02. The van der Waals surface area contributed by atoms with Crippen LogP contribution in [0.25, 0.3) is 0 Å². The van der Waals surface area contributed by atoms with E-state index < -0.39 is 0 Å². The zero-order valence-electron chi connectivity index (χ0n) is 11.6. The summed E-state index contributed by atoms with van der Waals surface area (Å²) in [4.78, 5) is 8.64. The highest BCUT2D eigenvalue weighted by atomic mass is 35.5. The molecule has 0 aliphatic carbocycles. The summed E-state index contributed by atoms with van der Waals surface area (Å²) < 4.78 is 5.71. The average Bonchev–Trinajstić information content (AvgIpc) is 2.30. The van der Waals surface area contributed by atoms with Crippen molar-refractivity contribution in [3.63, 3.8) is 0 Å². The molecule has 0 unspecified atom stereocenters. The highest BCUT2D eigenvalue weighted by molar-refractivity contribution is 6.29. The molecular weight excluding hydrogens is 260 g/mol. The zero-order chi connectivity index (χ0) is 14.0. The molecule has 0 radical (unpaired) electrons. The molecule has 1 aromatic heterocycles. The van der Waals surface area contributed by atoms with E-state index >= 15 is 0 Å². The highest BCUT2D eigenvalue weighted by Gasteiger charge is 2.19. The van der Waals surface area contributed by atoms with Gasteiger partial charge in [0.15, 0.2) is 0 Å². The van der Waals surface area contributed by atoms with Gasteiger partial charge in [-0.25, -0.2) is 4.98 Å². The third-order valence-electron chi connectivity index (χ3n) is 2.59. The van der Waals surface area contributed by atoms with Gasteiger partial charge in [0.05, 0.1) is 0 Å². The largest absolute Gasteiger partial charge is 0.439 e. The Hall–Kier alpha value is -1.61. The molecule has 4 heteroatoms. The van der Waals surface area contributed by atoms with E-state index in [1.54, 1.807) is 6.07 Å². The molecule has 0 N–H and O–H groups in total. The average molecular weight is 277 g/mol. The number of benzene rings is 1. The number of hydrogen-bond donors (Lipinski definition) is 0. The van der Waals surface area contributed by atoms with E-state index in [1.165, 1.54) is 5.56 Å². The van der Waals surface area contributed by atoms with E-state index in [4.69, 9.17) is 16.3 Å². The van der Waals surface area contributed by atoms with Gasteiger partial charge in [-0.15, -0.1) is 0 Å². The molecule has 3 nitrogen and oxygen atoms in total. The van der Waals surface area contributed by atoms with Crippen LogP contribution in [0.5, 0.6) is 11.6 Å². The predicted molar refractivity (Wildman–Crippen MR) is 77.0 cm³/mol. The molecule has 2 aromatic rings. The maximum Gasteiger partial charge on any atom is 0.224 e. The van der Waals surface area contributed by atoms with Crippen LogP contribution in [0.3, 0.4) is 0 Å². The molecule has 0 aliphatic heterocycles. The fraction of sp³-hybridized carbons (Fsp3) is 0.333. The minimum absolute atomic E-state index is 0.170. The lowest BCUT2D eigenvalue weighted by Gasteiger charge is -2.17. The first kappa shape index (κ1) is 13.8. The summed E-state index contributed by atoms with van der Waals surface area (Å²) in [5.74, 6) is 1.87. The monoisotopic (exact) mass is 276 g/mol. The first-order valence-corrected chi connectivity index (χ1v) is 6.52. The Morgan fingerprint density at radius 2 is 1.68 bits per heavy atom. The minimum Gasteiger partial charge on any atom is -0.439 e. The number of halogens is 1. The molecule has 0 saturated carbocycles. The highest BCUT2D eigenvalue weighted by Crippen LogP contribution is 2.26. The van der Waals surface area contributed by atoms with Gasteiger partial charge in [-0.3, -0.25) is 0 Å². The second-order valence-corrected chi connectivity index (χ2v) is 5.90. The number of aryl methyl sites for hydroxylation is 1. The van der Waals surface area contributed by atoms with Crippen molar-refractivity contribution in [1.82, 2.24) is 9.97 Å². The molecule has 2 rings (SSSR count). The van der Waals surface area contributed by atoms with Gasteiger partial charge < -0.3 is 4.74 Å². The summed E-state index contributed by atoms with van der Waals surface area (Å²) >= 11 is 6.02. The molecule has 0 saturated heterocycles. The van der Waals surface area contributed by atoms with Crippen LogP contribution >= 0.6 is 11.6 Å². The van der Waals surface area contributed by atoms with Crippen molar-refractivity contribution in [3.05, 3.63) is 46.9 Å². The number of rotatable bonds is 2. The number of aromatic nitrogens is 2. The number of nitrogens with zero attached hydrogens (tertiary/aromatic N) is 2. The fourth-order valence-electron chi connectivity index (χ4n) is 1.51. The van der Waals surface area contributed by atoms with Gasteiger partial charge in [-0.1, -0.05) is 50.1 Å². The lowest BCUT2D eigenvalue weighted by Crippen LogP contribution is -2.16. The van der Waals surface area contributed by atoms with Gasteiger partial charge in [0.1, 0.15) is 16.7 Å². The Bertz CT molecular complexity index is 574. The molecule has 100 valence electrons. The molecule has 0 bridgehead atoms. The van der Waals surface area contributed by atoms with Gasteiger partial charge in [0.25, 0.3) is 0 Å². The van der Waals surface area contributed by atoms with Gasteiger partial charge in [-0.2, -0.15) is 4.98 Å². The van der Waals surface area contributed by atoms with E-state index in [1.807, 2.05) is 52.0 Å². The molecule has 0 aliphatic rings. The molecule has 0 atom stereocenters. The van der Waals surface area contributed by atoms with Gasteiger partial charge in [0, 0.05) is 11.5 Å². The quantitative estimate of drug-likeness (QED) is 0.756. The Labute approximate surface area is 118 Å². The molecule has 0 amide bonds. The van der Waals surface area contributed by atoms with Crippen molar-refractivity contribution in [3.8, 4) is 11.6 Å². The summed E-state index contributed by atoms with van der Waals surface area (Å²) in [6.07, 6.45) is 0. The first-order valence-electron chi connectivity index (χ1n) is 6.14. The lowest BCUT2D eigenvalue weighted by atomic mass is 9.96. The van der Waals surface area contributed by atoms with Crippen LogP contribution in [0.4, 0.5) is 0 Å². The van der Waals surface area contributed by atoms with Crippen LogP contribution in [0.15, 0.2) is 30.3 Å². The van der Waals surface area contributed by atoms with Crippen LogP contribution in [0.1, 0.15) is 32.2 Å². The molecular formula is C15H17ClN2O. The van der Waals surface area contributed by atoms with Crippen LogP contribution in [0, 0.1) is 6.92 Å². The van der Waals surface area contributed by atoms with Crippen LogP contribution in [-0.4, -0.2) is 9.97 Å². The normalized spacial score (nSPS) is 11.4. The van der Waals surface area contributed by atoms with Crippen molar-refractivity contribution in [2.45, 2.75) is 33.1 Å². The molecule has 0 fully saturated rings. The van der Waals surface area contributed by atoms with Crippen molar-refractivity contribution in [2.24, 2.45) is 0 Å². The standard InChI is InChI=1S/C15H17ClN2O/c1-10-5-7-11(8-6-10)19-13-9-12(16)17-14(18-13)15(2,3)4/h5-9H,1-4H3. The van der Waals surface area contributed by atoms with Crippen LogP contribution < -0.4 is 4.74 Å².